The van der Waals surface area contributed by atoms with Gasteiger partial charge in [-0.3, -0.25) is 4.79 Å². The van der Waals surface area contributed by atoms with Crippen LogP contribution < -0.4 is 4.74 Å². The number of carbonyl (C=O) groups excluding carboxylic acids is 1. The molecule has 0 amide bonds. The summed E-state index contributed by atoms with van der Waals surface area (Å²) in [6.45, 7) is 4.62. The summed E-state index contributed by atoms with van der Waals surface area (Å²) in [7, 11) is -2.71. The summed E-state index contributed by atoms with van der Waals surface area (Å²) in [5.41, 5.74) is 0.308. The zero-order chi connectivity index (χ0) is 22.5. The Balaban J connectivity index is 2.14. The molecule has 7 nitrogen and oxygen atoms in total. The van der Waals surface area contributed by atoms with E-state index in [-0.39, 0.29) is 49.3 Å². The van der Waals surface area contributed by atoms with Gasteiger partial charge in [-0.2, -0.15) is 4.31 Å². The van der Waals surface area contributed by atoms with Crippen LogP contribution in [0, 0.1) is 5.92 Å². The molecule has 0 radical (unpaired) electrons. The molecule has 0 aromatic heterocycles. The highest BCUT2D eigenvalue weighted by atomic mass is 32.2. The van der Waals surface area contributed by atoms with Gasteiger partial charge in [0.1, 0.15) is 5.75 Å². The lowest BCUT2D eigenvalue weighted by Gasteiger charge is -2.18. The second-order valence-corrected chi connectivity index (χ2v) is 9.58. The second kappa shape index (κ2) is 9.97. The molecule has 0 bridgehead atoms. The SMILES string of the molecule is CC(C)COC(=O)CCCc1cc(OC(F)(F)F)cc(S(=O)(=O)N(C)CC2CO2)c1. The Bertz CT molecular complexity index is 837. The molecular formula is C19H26F3NO6S. The average molecular weight is 453 g/mol. The van der Waals surface area contributed by atoms with Crippen LogP contribution in [0.1, 0.15) is 32.3 Å². The zero-order valence-electron chi connectivity index (χ0n) is 17.1. The fourth-order valence-corrected chi connectivity index (χ4v) is 3.91. The van der Waals surface area contributed by atoms with Gasteiger partial charge in [-0.25, -0.2) is 8.42 Å². The van der Waals surface area contributed by atoms with Gasteiger partial charge in [-0.05, 0) is 36.5 Å². The molecule has 0 saturated carbocycles. The van der Waals surface area contributed by atoms with Crippen LogP contribution in [0.25, 0.3) is 0 Å². The Labute approximate surface area is 174 Å². The molecule has 1 atom stereocenters. The number of rotatable bonds is 11. The van der Waals surface area contributed by atoms with Crippen LogP contribution in [0.5, 0.6) is 5.75 Å². The molecule has 1 heterocycles. The number of esters is 1. The van der Waals surface area contributed by atoms with Crippen molar-refractivity contribution in [1.82, 2.24) is 4.31 Å². The van der Waals surface area contributed by atoms with Crippen molar-refractivity contribution >= 4 is 16.0 Å². The third kappa shape index (κ3) is 8.11. The van der Waals surface area contributed by atoms with E-state index in [1.54, 1.807) is 0 Å². The summed E-state index contributed by atoms with van der Waals surface area (Å²) in [5, 5.41) is 0. The molecule has 1 aliphatic heterocycles. The summed E-state index contributed by atoms with van der Waals surface area (Å²) in [4.78, 5) is 11.4. The van der Waals surface area contributed by atoms with Crippen molar-refractivity contribution in [3.63, 3.8) is 0 Å². The van der Waals surface area contributed by atoms with Crippen LogP contribution in [-0.4, -0.2) is 58.0 Å². The summed E-state index contributed by atoms with van der Waals surface area (Å²) in [5.74, 6) is -0.851. The molecule has 30 heavy (non-hydrogen) atoms. The van der Waals surface area contributed by atoms with Gasteiger partial charge in [0.05, 0.1) is 24.2 Å². The predicted octanol–water partition coefficient (Wildman–Crippen LogP) is 3.13. The zero-order valence-corrected chi connectivity index (χ0v) is 17.9. The number of ether oxygens (including phenoxy) is 3. The van der Waals surface area contributed by atoms with E-state index >= 15 is 0 Å². The predicted molar refractivity (Wildman–Crippen MR) is 101 cm³/mol. The number of hydrogen-bond donors (Lipinski definition) is 0. The molecule has 0 spiro atoms. The van der Waals surface area contributed by atoms with Crippen molar-refractivity contribution in [2.24, 2.45) is 5.92 Å². The van der Waals surface area contributed by atoms with E-state index in [9.17, 15) is 26.4 Å². The maximum atomic E-state index is 12.8. The van der Waals surface area contributed by atoms with E-state index in [2.05, 4.69) is 4.74 Å². The molecule has 1 aromatic rings. The Morgan fingerprint density at radius 3 is 2.53 bits per heavy atom. The monoisotopic (exact) mass is 453 g/mol. The molecule has 1 aromatic carbocycles. The van der Waals surface area contributed by atoms with Gasteiger partial charge in [0, 0.05) is 26.1 Å². The van der Waals surface area contributed by atoms with E-state index in [1.165, 1.54) is 13.1 Å². The minimum atomic E-state index is -4.96. The standard InChI is InChI=1S/C19H26F3NO6S/c1-13(2)11-28-18(24)6-4-5-14-7-15(29-19(20,21)22)9-17(8-14)30(25,26)23(3)10-16-12-27-16/h7-9,13,16H,4-6,10-12H2,1-3H3. The van der Waals surface area contributed by atoms with Gasteiger partial charge in [-0.15, -0.1) is 13.2 Å². The minimum Gasteiger partial charge on any atom is -0.465 e. The molecule has 1 unspecified atom stereocenters. The normalized spacial score (nSPS) is 16.7. The van der Waals surface area contributed by atoms with Crippen molar-refractivity contribution in [1.29, 1.82) is 0 Å². The van der Waals surface area contributed by atoms with Crippen LogP contribution in [0.4, 0.5) is 13.2 Å². The highest BCUT2D eigenvalue weighted by Gasteiger charge is 2.33. The Morgan fingerprint density at radius 2 is 1.97 bits per heavy atom. The number of aryl methyl sites for hydroxylation is 1. The Kier molecular flexibility index (Phi) is 8.12. The third-order valence-corrected chi connectivity index (χ3v) is 5.97. The van der Waals surface area contributed by atoms with Crippen molar-refractivity contribution in [2.45, 2.75) is 50.5 Å². The van der Waals surface area contributed by atoms with E-state index < -0.39 is 28.1 Å². The number of benzene rings is 1. The van der Waals surface area contributed by atoms with Gasteiger partial charge in [0.2, 0.25) is 10.0 Å². The van der Waals surface area contributed by atoms with Gasteiger partial charge in [0.15, 0.2) is 0 Å². The lowest BCUT2D eigenvalue weighted by atomic mass is 10.1. The number of nitrogens with zero attached hydrogens (tertiary/aromatic N) is 1. The van der Waals surface area contributed by atoms with E-state index in [0.717, 1.165) is 16.4 Å². The molecule has 1 aliphatic rings. The number of hydrogen-bond acceptors (Lipinski definition) is 6. The summed E-state index contributed by atoms with van der Waals surface area (Å²) >= 11 is 0. The lowest BCUT2D eigenvalue weighted by Crippen LogP contribution is -2.30. The number of alkyl halides is 3. The number of epoxide rings is 1. The van der Waals surface area contributed by atoms with Crippen molar-refractivity contribution in [3.05, 3.63) is 23.8 Å². The van der Waals surface area contributed by atoms with Gasteiger partial charge >= 0.3 is 12.3 Å². The summed E-state index contributed by atoms with van der Waals surface area (Å²) < 4.78 is 78.6. The van der Waals surface area contributed by atoms with Gasteiger partial charge < -0.3 is 14.2 Å². The first-order valence-corrected chi connectivity index (χ1v) is 10.9. The Morgan fingerprint density at radius 1 is 1.30 bits per heavy atom. The topological polar surface area (TPSA) is 85.4 Å². The number of sulfonamides is 1. The molecule has 170 valence electrons. The van der Waals surface area contributed by atoms with E-state index in [0.29, 0.717) is 12.2 Å². The van der Waals surface area contributed by atoms with E-state index in [4.69, 9.17) is 9.47 Å². The first-order valence-electron chi connectivity index (χ1n) is 9.50. The van der Waals surface area contributed by atoms with Crippen molar-refractivity contribution in [3.8, 4) is 5.75 Å². The first kappa shape index (κ1) is 24.4. The highest BCUT2D eigenvalue weighted by Crippen LogP contribution is 2.29. The minimum absolute atomic E-state index is 0.0675. The number of carbonyl (C=O) groups is 1. The fraction of sp³-hybridized carbons (Fsp3) is 0.632. The van der Waals surface area contributed by atoms with Crippen molar-refractivity contribution in [2.75, 3.05) is 26.8 Å². The van der Waals surface area contributed by atoms with Gasteiger partial charge in [0.25, 0.3) is 0 Å². The van der Waals surface area contributed by atoms with E-state index in [1.807, 2.05) is 13.8 Å². The molecular weight excluding hydrogens is 427 g/mol. The highest BCUT2D eigenvalue weighted by molar-refractivity contribution is 7.89. The largest absolute Gasteiger partial charge is 0.573 e. The average Bonchev–Trinajstić information content (AvgIpc) is 3.42. The van der Waals surface area contributed by atoms with Crippen LogP contribution >= 0.6 is 0 Å². The first-order chi connectivity index (χ1) is 13.9. The summed E-state index contributed by atoms with van der Waals surface area (Å²) in [6, 6.07) is 3.26. The van der Waals surface area contributed by atoms with Crippen LogP contribution in [0.15, 0.2) is 23.1 Å². The smallest absolute Gasteiger partial charge is 0.465 e. The van der Waals surface area contributed by atoms with Crippen LogP contribution in [0.3, 0.4) is 0 Å². The van der Waals surface area contributed by atoms with Crippen LogP contribution in [-0.2, 0) is 30.7 Å². The van der Waals surface area contributed by atoms with Crippen LogP contribution in [0.2, 0.25) is 0 Å². The number of halogens is 3. The maximum absolute atomic E-state index is 12.8. The molecule has 0 N–H and O–H groups in total. The maximum Gasteiger partial charge on any atom is 0.573 e. The Hall–Kier alpha value is -1.85. The summed E-state index contributed by atoms with van der Waals surface area (Å²) in [6.07, 6.45) is -4.64. The number of likely N-dealkylation sites (N-methyl/N-ethyl adjacent to an activating group) is 1. The third-order valence-electron chi connectivity index (χ3n) is 4.17. The lowest BCUT2D eigenvalue weighted by molar-refractivity contribution is -0.274. The molecule has 11 heteroatoms. The second-order valence-electron chi connectivity index (χ2n) is 7.53. The molecule has 2 rings (SSSR count). The molecule has 1 saturated heterocycles. The quantitative estimate of drug-likeness (QED) is 0.378. The van der Waals surface area contributed by atoms with Crippen molar-refractivity contribution < 1.29 is 40.6 Å². The molecule has 1 fully saturated rings. The molecule has 0 aliphatic carbocycles. The van der Waals surface area contributed by atoms with Gasteiger partial charge in [-0.1, -0.05) is 13.8 Å². The fourth-order valence-electron chi connectivity index (χ4n) is 2.62.